The molecule has 0 aliphatic heterocycles. The Balaban J connectivity index is 2.18. The summed E-state index contributed by atoms with van der Waals surface area (Å²) in [5.74, 6) is 0. The Morgan fingerprint density at radius 2 is 1.69 bits per heavy atom. The molecule has 2 rings (SSSR count). The van der Waals surface area contributed by atoms with Gasteiger partial charge in [-0.15, -0.1) is 0 Å². The minimum atomic E-state index is -0.0212. The standard InChI is InChI=1S/C15H23N/c1-14(2)10-6-7-11-15(14,16)12-13-8-4-3-5-9-13/h3-5,8-9H,6-7,10-12,16H2,1-2H3. The zero-order chi connectivity index (χ0) is 11.6. The molecule has 1 atom stereocenters. The fourth-order valence-electron chi connectivity index (χ4n) is 2.88. The largest absolute Gasteiger partial charge is 0.324 e. The van der Waals surface area contributed by atoms with E-state index >= 15 is 0 Å². The molecule has 1 fully saturated rings. The number of hydrogen-bond acceptors (Lipinski definition) is 1. The SMILES string of the molecule is CC1(C)CCCCC1(N)Cc1ccccc1. The van der Waals surface area contributed by atoms with Crippen LogP contribution in [0, 0.1) is 5.41 Å². The minimum absolute atomic E-state index is 0.0212. The van der Waals surface area contributed by atoms with Gasteiger partial charge < -0.3 is 5.73 Å². The van der Waals surface area contributed by atoms with Crippen LogP contribution in [0.25, 0.3) is 0 Å². The molecule has 1 saturated carbocycles. The summed E-state index contributed by atoms with van der Waals surface area (Å²) in [6, 6.07) is 10.7. The summed E-state index contributed by atoms with van der Waals surface area (Å²) >= 11 is 0. The molecular weight excluding hydrogens is 194 g/mol. The smallest absolute Gasteiger partial charge is 0.0246 e. The van der Waals surface area contributed by atoms with Crippen molar-refractivity contribution in [3.05, 3.63) is 35.9 Å². The zero-order valence-electron chi connectivity index (χ0n) is 10.5. The van der Waals surface area contributed by atoms with Crippen molar-refractivity contribution in [1.29, 1.82) is 0 Å². The summed E-state index contributed by atoms with van der Waals surface area (Å²) in [5.41, 5.74) is 8.29. The lowest BCUT2D eigenvalue weighted by Crippen LogP contribution is -2.56. The molecule has 88 valence electrons. The summed E-state index contributed by atoms with van der Waals surface area (Å²) in [4.78, 5) is 0. The van der Waals surface area contributed by atoms with Gasteiger partial charge in [-0.1, -0.05) is 57.0 Å². The van der Waals surface area contributed by atoms with Crippen molar-refractivity contribution in [3.8, 4) is 0 Å². The third kappa shape index (κ3) is 2.15. The van der Waals surface area contributed by atoms with E-state index in [9.17, 15) is 0 Å². The van der Waals surface area contributed by atoms with Crippen LogP contribution in [-0.4, -0.2) is 5.54 Å². The lowest BCUT2D eigenvalue weighted by Gasteiger charge is -2.48. The van der Waals surface area contributed by atoms with E-state index in [2.05, 4.69) is 44.2 Å². The van der Waals surface area contributed by atoms with Gasteiger partial charge in [0.15, 0.2) is 0 Å². The zero-order valence-corrected chi connectivity index (χ0v) is 10.5. The van der Waals surface area contributed by atoms with Crippen LogP contribution in [0.5, 0.6) is 0 Å². The molecular formula is C15H23N. The molecule has 0 saturated heterocycles. The number of benzene rings is 1. The van der Waals surface area contributed by atoms with E-state index in [1.54, 1.807) is 0 Å². The van der Waals surface area contributed by atoms with Gasteiger partial charge in [0.1, 0.15) is 0 Å². The van der Waals surface area contributed by atoms with Gasteiger partial charge >= 0.3 is 0 Å². The highest BCUT2D eigenvalue weighted by molar-refractivity contribution is 5.19. The molecule has 1 aromatic rings. The highest BCUT2D eigenvalue weighted by Gasteiger charge is 2.43. The van der Waals surface area contributed by atoms with E-state index in [1.807, 2.05) is 0 Å². The maximum absolute atomic E-state index is 6.67. The maximum Gasteiger partial charge on any atom is 0.0246 e. The van der Waals surface area contributed by atoms with Crippen molar-refractivity contribution in [2.45, 2.75) is 51.5 Å². The predicted molar refractivity (Wildman–Crippen MR) is 69.3 cm³/mol. The molecule has 1 nitrogen and oxygen atoms in total. The Hall–Kier alpha value is -0.820. The second-order valence-corrected chi connectivity index (χ2v) is 5.91. The van der Waals surface area contributed by atoms with Gasteiger partial charge in [0.05, 0.1) is 0 Å². The van der Waals surface area contributed by atoms with E-state index in [-0.39, 0.29) is 11.0 Å². The first-order valence-electron chi connectivity index (χ1n) is 6.36. The molecule has 1 heteroatoms. The van der Waals surface area contributed by atoms with Crippen molar-refractivity contribution < 1.29 is 0 Å². The minimum Gasteiger partial charge on any atom is -0.324 e. The number of rotatable bonds is 2. The van der Waals surface area contributed by atoms with Crippen LogP contribution >= 0.6 is 0 Å². The quantitative estimate of drug-likeness (QED) is 0.806. The summed E-state index contributed by atoms with van der Waals surface area (Å²) < 4.78 is 0. The van der Waals surface area contributed by atoms with Gasteiger partial charge in [0.25, 0.3) is 0 Å². The van der Waals surface area contributed by atoms with Crippen molar-refractivity contribution in [1.82, 2.24) is 0 Å². The van der Waals surface area contributed by atoms with Crippen LogP contribution in [0.4, 0.5) is 0 Å². The normalized spacial score (nSPS) is 28.9. The highest BCUT2D eigenvalue weighted by atomic mass is 14.8. The van der Waals surface area contributed by atoms with Gasteiger partial charge in [-0.05, 0) is 30.2 Å². The molecule has 0 bridgehead atoms. The molecule has 1 aromatic carbocycles. The highest BCUT2D eigenvalue weighted by Crippen LogP contribution is 2.43. The van der Waals surface area contributed by atoms with Crippen molar-refractivity contribution in [2.24, 2.45) is 11.1 Å². The molecule has 0 spiro atoms. The molecule has 1 unspecified atom stereocenters. The van der Waals surface area contributed by atoms with Gasteiger partial charge in [-0.2, -0.15) is 0 Å². The summed E-state index contributed by atoms with van der Waals surface area (Å²) in [7, 11) is 0. The topological polar surface area (TPSA) is 26.0 Å². The summed E-state index contributed by atoms with van der Waals surface area (Å²) in [5, 5.41) is 0. The van der Waals surface area contributed by atoms with E-state index in [4.69, 9.17) is 5.73 Å². The Morgan fingerprint density at radius 3 is 2.31 bits per heavy atom. The average molecular weight is 217 g/mol. The van der Waals surface area contributed by atoms with Crippen molar-refractivity contribution in [3.63, 3.8) is 0 Å². The molecule has 0 amide bonds. The van der Waals surface area contributed by atoms with Gasteiger partial charge in [0, 0.05) is 5.54 Å². The third-order valence-electron chi connectivity index (χ3n) is 4.38. The van der Waals surface area contributed by atoms with Crippen LogP contribution in [-0.2, 0) is 6.42 Å². The Labute approximate surface area is 99.0 Å². The molecule has 0 aromatic heterocycles. The van der Waals surface area contributed by atoms with Gasteiger partial charge in [0.2, 0.25) is 0 Å². The molecule has 1 aliphatic carbocycles. The van der Waals surface area contributed by atoms with Crippen LogP contribution in [0.15, 0.2) is 30.3 Å². The van der Waals surface area contributed by atoms with Crippen molar-refractivity contribution in [2.75, 3.05) is 0 Å². The van der Waals surface area contributed by atoms with Crippen LogP contribution in [0.1, 0.15) is 45.1 Å². The van der Waals surface area contributed by atoms with Crippen LogP contribution < -0.4 is 5.73 Å². The van der Waals surface area contributed by atoms with E-state index < -0.39 is 0 Å². The first kappa shape index (κ1) is 11.7. The maximum atomic E-state index is 6.67. The first-order chi connectivity index (χ1) is 7.54. The average Bonchev–Trinajstić information content (AvgIpc) is 2.24. The monoisotopic (exact) mass is 217 g/mol. The van der Waals surface area contributed by atoms with Crippen LogP contribution in [0.3, 0.4) is 0 Å². The third-order valence-corrected chi connectivity index (χ3v) is 4.38. The Bertz CT molecular complexity index is 342. The van der Waals surface area contributed by atoms with Gasteiger partial charge in [-0.25, -0.2) is 0 Å². The lowest BCUT2D eigenvalue weighted by atomic mass is 9.61. The Kier molecular flexibility index (Phi) is 3.07. The second-order valence-electron chi connectivity index (χ2n) is 5.91. The van der Waals surface area contributed by atoms with E-state index in [0.29, 0.717) is 0 Å². The second kappa shape index (κ2) is 4.21. The predicted octanol–water partition coefficient (Wildman–Crippen LogP) is 3.53. The lowest BCUT2D eigenvalue weighted by molar-refractivity contribution is 0.0990. The van der Waals surface area contributed by atoms with Crippen molar-refractivity contribution >= 4 is 0 Å². The molecule has 0 radical (unpaired) electrons. The summed E-state index contributed by atoms with van der Waals surface area (Å²) in [6.45, 7) is 4.66. The molecule has 16 heavy (non-hydrogen) atoms. The van der Waals surface area contributed by atoms with Gasteiger partial charge in [-0.3, -0.25) is 0 Å². The fourth-order valence-corrected chi connectivity index (χ4v) is 2.88. The van der Waals surface area contributed by atoms with E-state index in [1.165, 1.54) is 24.8 Å². The number of hydrogen-bond donors (Lipinski definition) is 1. The summed E-state index contributed by atoms with van der Waals surface area (Å²) in [6.07, 6.45) is 6.06. The number of nitrogens with two attached hydrogens (primary N) is 1. The molecule has 2 N–H and O–H groups in total. The molecule has 0 heterocycles. The van der Waals surface area contributed by atoms with Crippen LogP contribution in [0.2, 0.25) is 0 Å². The van der Waals surface area contributed by atoms with E-state index in [0.717, 1.165) is 12.8 Å². The molecule has 1 aliphatic rings. The Morgan fingerprint density at radius 1 is 1.06 bits per heavy atom. The first-order valence-corrected chi connectivity index (χ1v) is 6.36. The fraction of sp³-hybridized carbons (Fsp3) is 0.600.